The first kappa shape index (κ1) is 26.9. The predicted octanol–water partition coefficient (Wildman–Crippen LogP) is 7.53. The number of ketones is 1. The molecule has 0 bridgehead atoms. The number of hydrogen-bond donors (Lipinski definition) is 2. The van der Waals surface area contributed by atoms with Crippen LogP contribution in [-0.4, -0.2) is 45.4 Å². The molecule has 2 aromatic carbocycles. The number of nitrogens with one attached hydrogen (secondary N) is 1. The molecular formula is C29H30Cl2N4O2. The molecule has 1 aliphatic heterocycles. The number of halogens is 2. The maximum absolute atomic E-state index is 12.5. The SMILES string of the molecule is C.CC(=O)c1cnc2ccc(-c3cc(Cl)c(O)c(Cl)c3)nc2c1Nc1cccc(CCN2CCCC2)c1. The second-order valence-electron chi connectivity index (χ2n) is 9.08. The summed E-state index contributed by atoms with van der Waals surface area (Å²) in [6.45, 7) is 4.91. The number of aromatic hydroxyl groups is 1. The van der Waals surface area contributed by atoms with Gasteiger partial charge in [-0.2, -0.15) is 0 Å². The van der Waals surface area contributed by atoms with Crippen LogP contribution in [0.2, 0.25) is 10.0 Å². The molecule has 2 aromatic heterocycles. The Morgan fingerprint density at radius 1 is 1.08 bits per heavy atom. The minimum absolute atomic E-state index is 0. The number of aromatic nitrogens is 2. The molecule has 1 saturated heterocycles. The van der Waals surface area contributed by atoms with Crippen molar-refractivity contribution in [2.24, 2.45) is 0 Å². The zero-order valence-electron chi connectivity index (χ0n) is 19.9. The minimum atomic E-state index is -0.171. The second-order valence-corrected chi connectivity index (χ2v) is 9.89. The van der Waals surface area contributed by atoms with E-state index in [0.29, 0.717) is 33.5 Å². The Morgan fingerprint density at radius 2 is 1.81 bits per heavy atom. The van der Waals surface area contributed by atoms with Gasteiger partial charge in [0.25, 0.3) is 0 Å². The highest BCUT2D eigenvalue weighted by Gasteiger charge is 2.17. The predicted molar refractivity (Wildman–Crippen MR) is 152 cm³/mol. The number of Topliss-reactive ketones (excluding diaryl/α,β-unsaturated/α-hetero) is 1. The third-order valence-corrected chi connectivity index (χ3v) is 7.09. The number of hydrogen-bond acceptors (Lipinski definition) is 6. The van der Waals surface area contributed by atoms with E-state index in [-0.39, 0.29) is 29.0 Å². The standard InChI is InChI=1S/C28H26Cl2N4O2.CH4/c1-17(35)21-16-31-25-8-7-24(19-14-22(29)28(36)23(30)15-19)33-27(25)26(21)32-20-6-4-5-18(13-20)9-12-34-10-2-3-11-34;/h4-8,13-16,36H,2-3,9-12H2,1H3,(H,31,32);1H4. The van der Waals surface area contributed by atoms with Crippen LogP contribution in [0, 0.1) is 0 Å². The summed E-state index contributed by atoms with van der Waals surface area (Å²) in [5.74, 6) is -0.282. The first-order chi connectivity index (χ1) is 17.4. The number of phenols is 1. The molecule has 192 valence electrons. The summed E-state index contributed by atoms with van der Waals surface area (Å²) in [6, 6.07) is 15.1. The van der Waals surface area contributed by atoms with Crippen LogP contribution < -0.4 is 5.32 Å². The molecule has 0 amide bonds. The summed E-state index contributed by atoms with van der Waals surface area (Å²) < 4.78 is 0. The maximum atomic E-state index is 12.5. The molecule has 0 spiro atoms. The van der Waals surface area contributed by atoms with Gasteiger partial charge >= 0.3 is 0 Å². The number of carbonyl (C=O) groups excluding carboxylic acids is 1. The van der Waals surface area contributed by atoms with Crippen molar-refractivity contribution in [1.82, 2.24) is 14.9 Å². The van der Waals surface area contributed by atoms with Crippen LogP contribution in [0.3, 0.4) is 0 Å². The van der Waals surface area contributed by atoms with Gasteiger partial charge in [-0.25, -0.2) is 4.98 Å². The van der Waals surface area contributed by atoms with Crippen molar-refractivity contribution in [2.75, 3.05) is 25.0 Å². The fourth-order valence-electron chi connectivity index (χ4n) is 4.58. The molecular weight excluding hydrogens is 507 g/mol. The van der Waals surface area contributed by atoms with Gasteiger partial charge in [0.2, 0.25) is 0 Å². The van der Waals surface area contributed by atoms with Crippen LogP contribution in [0.5, 0.6) is 5.75 Å². The molecule has 4 aromatic rings. The van der Waals surface area contributed by atoms with Crippen molar-refractivity contribution in [3.05, 3.63) is 75.9 Å². The third-order valence-electron chi connectivity index (χ3n) is 6.52. The second kappa shape index (κ2) is 11.5. The van der Waals surface area contributed by atoms with E-state index in [1.165, 1.54) is 38.4 Å². The molecule has 0 unspecified atom stereocenters. The summed E-state index contributed by atoms with van der Waals surface area (Å²) in [7, 11) is 0. The maximum Gasteiger partial charge on any atom is 0.163 e. The number of nitrogens with zero attached hydrogens (tertiary/aromatic N) is 3. The highest BCUT2D eigenvalue weighted by Crippen LogP contribution is 2.37. The Kier molecular flexibility index (Phi) is 8.32. The Balaban J connectivity index is 0.00000320. The molecule has 2 N–H and O–H groups in total. The lowest BCUT2D eigenvalue weighted by molar-refractivity contribution is 0.101. The Hall–Kier alpha value is -3.19. The van der Waals surface area contributed by atoms with Crippen LogP contribution in [0.15, 0.2) is 54.7 Å². The van der Waals surface area contributed by atoms with Gasteiger partial charge in [0.05, 0.1) is 32.5 Å². The Labute approximate surface area is 227 Å². The average molecular weight is 537 g/mol. The van der Waals surface area contributed by atoms with E-state index < -0.39 is 0 Å². The zero-order valence-corrected chi connectivity index (χ0v) is 21.4. The van der Waals surface area contributed by atoms with Gasteiger partial charge in [0.15, 0.2) is 11.5 Å². The Morgan fingerprint density at radius 3 is 2.51 bits per heavy atom. The number of likely N-dealkylation sites (tertiary alicyclic amines) is 1. The van der Waals surface area contributed by atoms with Gasteiger partial charge in [-0.05, 0) is 81.2 Å². The largest absolute Gasteiger partial charge is 0.505 e. The lowest BCUT2D eigenvalue weighted by atomic mass is 10.1. The van der Waals surface area contributed by atoms with Crippen molar-refractivity contribution < 1.29 is 9.90 Å². The van der Waals surface area contributed by atoms with Crippen LogP contribution in [0.1, 0.15) is 43.1 Å². The topological polar surface area (TPSA) is 78.3 Å². The number of fused-ring (bicyclic) bond motifs is 1. The Bertz CT molecular complexity index is 1430. The van der Waals surface area contributed by atoms with Gasteiger partial charge in [-0.15, -0.1) is 0 Å². The van der Waals surface area contributed by atoms with Crippen molar-refractivity contribution in [2.45, 2.75) is 33.6 Å². The first-order valence-electron chi connectivity index (χ1n) is 12.0. The molecule has 0 radical (unpaired) electrons. The van der Waals surface area contributed by atoms with Gasteiger partial charge < -0.3 is 15.3 Å². The molecule has 3 heterocycles. The minimum Gasteiger partial charge on any atom is -0.505 e. The van der Waals surface area contributed by atoms with E-state index in [0.717, 1.165) is 18.7 Å². The quantitative estimate of drug-likeness (QED) is 0.237. The number of phenolic OH excluding ortho intramolecular Hbond substituents is 1. The average Bonchev–Trinajstić information content (AvgIpc) is 3.39. The highest BCUT2D eigenvalue weighted by molar-refractivity contribution is 6.37. The lowest BCUT2D eigenvalue weighted by Gasteiger charge is -2.16. The van der Waals surface area contributed by atoms with E-state index in [2.05, 4.69) is 27.3 Å². The first-order valence-corrected chi connectivity index (χ1v) is 12.7. The number of rotatable bonds is 7. The smallest absolute Gasteiger partial charge is 0.163 e. The summed E-state index contributed by atoms with van der Waals surface area (Å²) >= 11 is 12.3. The summed E-state index contributed by atoms with van der Waals surface area (Å²) in [6.07, 6.45) is 5.11. The molecule has 1 fully saturated rings. The monoisotopic (exact) mass is 536 g/mol. The third kappa shape index (κ3) is 5.87. The number of pyridine rings is 2. The molecule has 0 aliphatic carbocycles. The van der Waals surface area contributed by atoms with E-state index in [1.54, 1.807) is 18.3 Å². The lowest BCUT2D eigenvalue weighted by Crippen LogP contribution is -2.21. The van der Waals surface area contributed by atoms with Gasteiger partial charge in [0.1, 0.15) is 5.52 Å². The van der Waals surface area contributed by atoms with Crippen molar-refractivity contribution in [1.29, 1.82) is 0 Å². The van der Waals surface area contributed by atoms with Crippen LogP contribution in [0.25, 0.3) is 22.3 Å². The van der Waals surface area contributed by atoms with Crippen LogP contribution in [-0.2, 0) is 6.42 Å². The fourth-order valence-corrected chi connectivity index (χ4v) is 5.06. The molecule has 8 heteroatoms. The van der Waals surface area contributed by atoms with E-state index in [4.69, 9.17) is 28.2 Å². The summed E-state index contributed by atoms with van der Waals surface area (Å²) in [4.78, 5) is 24.3. The normalized spacial score (nSPS) is 13.5. The highest BCUT2D eigenvalue weighted by atomic mass is 35.5. The molecule has 1 aliphatic rings. The molecule has 0 saturated carbocycles. The van der Waals surface area contributed by atoms with E-state index >= 15 is 0 Å². The fraction of sp³-hybridized carbons (Fsp3) is 0.276. The van der Waals surface area contributed by atoms with Crippen molar-refractivity contribution in [3.63, 3.8) is 0 Å². The number of benzene rings is 2. The van der Waals surface area contributed by atoms with Gasteiger partial charge in [-0.1, -0.05) is 42.8 Å². The molecule has 5 rings (SSSR count). The van der Waals surface area contributed by atoms with E-state index in [9.17, 15) is 9.90 Å². The van der Waals surface area contributed by atoms with Crippen molar-refractivity contribution >= 4 is 51.4 Å². The molecule has 37 heavy (non-hydrogen) atoms. The van der Waals surface area contributed by atoms with Crippen LogP contribution in [0.4, 0.5) is 11.4 Å². The molecule has 6 nitrogen and oxygen atoms in total. The van der Waals surface area contributed by atoms with Gasteiger partial charge in [-0.3, -0.25) is 9.78 Å². The number of carbonyl (C=O) groups is 1. The number of anilines is 2. The summed E-state index contributed by atoms with van der Waals surface area (Å²) in [5, 5.41) is 13.7. The zero-order chi connectivity index (χ0) is 25.2. The van der Waals surface area contributed by atoms with E-state index in [1.807, 2.05) is 24.3 Å². The van der Waals surface area contributed by atoms with Crippen molar-refractivity contribution in [3.8, 4) is 17.0 Å². The molecule has 0 atom stereocenters. The summed E-state index contributed by atoms with van der Waals surface area (Å²) in [5.41, 5.74) is 5.61. The van der Waals surface area contributed by atoms with Crippen LogP contribution >= 0.6 is 23.2 Å². The van der Waals surface area contributed by atoms with Gasteiger partial charge in [0, 0.05) is 24.0 Å².